The molecular weight excluding hydrogens is 471 g/mol. The standard InChI is InChI=1S/C36H35BN2/c1-22-23(2)38-32-20-25-19-27-28(36(5,6)18-17-35(27,3)4)21-31(25)39(32)30-14-10-11-24-15-16-29(34(38)33(24)30)37(22)26-12-8-7-9-13-26/h7-16,19-21H,17-18H2,1-6H3. The maximum Gasteiger partial charge on any atom is 0.241 e. The van der Waals surface area contributed by atoms with Gasteiger partial charge in [-0.2, -0.15) is 0 Å². The summed E-state index contributed by atoms with van der Waals surface area (Å²) in [4.78, 5) is 0. The van der Waals surface area contributed by atoms with E-state index in [9.17, 15) is 0 Å². The Morgan fingerprint density at radius 1 is 0.692 bits per heavy atom. The lowest BCUT2D eigenvalue weighted by atomic mass is 9.35. The maximum atomic E-state index is 2.56. The summed E-state index contributed by atoms with van der Waals surface area (Å²) in [6, 6.07) is 30.1. The number of nitrogens with zero attached hydrogens (tertiary/aromatic N) is 2. The number of hydrogen-bond acceptors (Lipinski definition) is 0. The van der Waals surface area contributed by atoms with Gasteiger partial charge in [0.2, 0.25) is 6.71 Å². The summed E-state index contributed by atoms with van der Waals surface area (Å²) in [6.45, 7) is 14.6. The van der Waals surface area contributed by atoms with Crippen molar-refractivity contribution in [2.75, 3.05) is 0 Å². The van der Waals surface area contributed by atoms with Gasteiger partial charge in [0.25, 0.3) is 0 Å². The van der Waals surface area contributed by atoms with Crippen LogP contribution in [0.3, 0.4) is 0 Å². The molecule has 3 heteroatoms. The van der Waals surface area contributed by atoms with E-state index < -0.39 is 0 Å². The quantitative estimate of drug-likeness (QED) is 0.200. The van der Waals surface area contributed by atoms with Crippen LogP contribution in [-0.4, -0.2) is 15.7 Å². The van der Waals surface area contributed by atoms with E-state index in [1.54, 1.807) is 0 Å². The molecule has 4 aromatic carbocycles. The number of aromatic nitrogens is 2. The van der Waals surface area contributed by atoms with Crippen LogP contribution in [0.25, 0.3) is 44.1 Å². The molecule has 3 heterocycles. The van der Waals surface area contributed by atoms with Crippen LogP contribution in [0.15, 0.2) is 84.3 Å². The first-order chi connectivity index (χ1) is 18.7. The predicted molar refractivity (Wildman–Crippen MR) is 169 cm³/mol. The van der Waals surface area contributed by atoms with Gasteiger partial charge in [0.15, 0.2) is 0 Å². The highest BCUT2D eigenvalue weighted by molar-refractivity contribution is 6.93. The molecule has 1 aliphatic heterocycles. The van der Waals surface area contributed by atoms with Crippen LogP contribution < -0.4 is 10.9 Å². The first kappa shape index (κ1) is 23.2. The fourth-order valence-corrected chi connectivity index (χ4v) is 7.84. The Bertz CT molecular complexity index is 2030. The lowest BCUT2D eigenvalue weighted by Gasteiger charge is -2.41. The molecule has 0 radical (unpaired) electrons. The lowest BCUT2D eigenvalue weighted by molar-refractivity contribution is 0.332. The molecule has 0 spiro atoms. The summed E-state index contributed by atoms with van der Waals surface area (Å²) in [5, 5.41) is 4.02. The third-order valence-electron chi connectivity index (χ3n) is 10.3. The van der Waals surface area contributed by atoms with Crippen molar-refractivity contribution in [2.45, 2.75) is 65.2 Å². The molecule has 0 saturated heterocycles. The predicted octanol–water partition coefficient (Wildman–Crippen LogP) is 7.96. The molecule has 0 bridgehead atoms. The third kappa shape index (κ3) is 2.94. The minimum Gasteiger partial charge on any atom is -0.301 e. The maximum absolute atomic E-state index is 2.56. The zero-order valence-corrected chi connectivity index (χ0v) is 23.9. The highest BCUT2D eigenvalue weighted by atomic mass is 15.1. The molecule has 2 nitrogen and oxygen atoms in total. The largest absolute Gasteiger partial charge is 0.301 e. The van der Waals surface area contributed by atoms with Crippen molar-refractivity contribution in [1.29, 1.82) is 0 Å². The van der Waals surface area contributed by atoms with Crippen LogP contribution in [0.4, 0.5) is 0 Å². The molecule has 39 heavy (non-hydrogen) atoms. The van der Waals surface area contributed by atoms with Gasteiger partial charge in [-0.05, 0) is 83.8 Å². The Morgan fingerprint density at radius 2 is 1.41 bits per heavy atom. The number of benzene rings is 4. The van der Waals surface area contributed by atoms with Gasteiger partial charge in [-0.1, -0.05) is 93.2 Å². The summed E-state index contributed by atoms with van der Waals surface area (Å²) >= 11 is 0. The molecule has 192 valence electrons. The molecule has 0 saturated carbocycles. The highest BCUT2D eigenvalue weighted by Crippen LogP contribution is 2.48. The van der Waals surface area contributed by atoms with Gasteiger partial charge >= 0.3 is 0 Å². The number of hydrogen-bond donors (Lipinski definition) is 0. The van der Waals surface area contributed by atoms with Crippen molar-refractivity contribution < 1.29 is 0 Å². The van der Waals surface area contributed by atoms with Crippen molar-refractivity contribution in [3.63, 3.8) is 0 Å². The van der Waals surface area contributed by atoms with Gasteiger partial charge in [0, 0.05) is 16.5 Å². The Hall–Kier alpha value is -3.72. The molecule has 0 amide bonds. The zero-order chi connectivity index (χ0) is 26.8. The molecule has 0 N–H and O–H groups in total. The van der Waals surface area contributed by atoms with E-state index in [1.165, 1.54) is 84.4 Å². The van der Waals surface area contributed by atoms with Crippen LogP contribution >= 0.6 is 0 Å². The second kappa shape index (κ2) is 7.47. The second-order valence-corrected chi connectivity index (χ2v) is 13.4. The monoisotopic (exact) mass is 506 g/mol. The van der Waals surface area contributed by atoms with Crippen LogP contribution in [0, 0.1) is 0 Å². The Balaban J connectivity index is 1.58. The Morgan fingerprint density at radius 3 is 2.15 bits per heavy atom. The average Bonchev–Trinajstić information content (AvgIpc) is 3.30. The van der Waals surface area contributed by atoms with E-state index >= 15 is 0 Å². The molecule has 2 aliphatic rings. The first-order valence-electron chi connectivity index (χ1n) is 14.5. The summed E-state index contributed by atoms with van der Waals surface area (Å²) in [5.74, 6) is 0. The van der Waals surface area contributed by atoms with E-state index in [2.05, 4.69) is 129 Å². The third-order valence-corrected chi connectivity index (χ3v) is 10.3. The number of fused-ring (bicyclic) bond motifs is 6. The molecule has 0 fully saturated rings. The van der Waals surface area contributed by atoms with Gasteiger partial charge in [0.05, 0.1) is 16.6 Å². The number of allylic oxidation sites excluding steroid dienone is 2. The van der Waals surface area contributed by atoms with Crippen LogP contribution in [0.1, 0.15) is 65.5 Å². The fourth-order valence-electron chi connectivity index (χ4n) is 7.84. The minimum absolute atomic E-state index is 0.177. The minimum atomic E-state index is 0.177. The molecule has 1 aliphatic carbocycles. The summed E-state index contributed by atoms with van der Waals surface area (Å²) in [7, 11) is 0. The highest BCUT2D eigenvalue weighted by Gasteiger charge is 2.38. The van der Waals surface area contributed by atoms with Gasteiger partial charge < -0.3 is 4.57 Å². The second-order valence-electron chi connectivity index (χ2n) is 13.4. The lowest BCUT2D eigenvalue weighted by Crippen LogP contribution is -2.47. The van der Waals surface area contributed by atoms with Gasteiger partial charge in [-0.3, -0.25) is 4.40 Å². The summed E-state index contributed by atoms with van der Waals surface area (Å²) in [6.07, 6.45) is 2.45. The van der Waals surface area contributed by atoms with E-state index in [0.717, 1.165) is 0 Å². The normalized spacial score (nSPS) is 18.1. The van der Waals surface area contributed by atoms with Crippen molar-refractivity contribution >= 4 is 61.7 Å². The van der Waals surface area contributed by atoms with Crippen LogP contribution in [0.2, 0.25) is 0 Å². The Labute approximate surface area is 231 Å². The van der Waals surface area contributed by atoms with Crippen LogP contribution in [-0.2, 0) is 10.8 Å². The van der Waals surface area contributed by atoms with Gasteiger partial charge in [-0.25, -0.2) is 0 Å². The molecule has 2 aromatic heterocycles. The van der Waals surface area contributed by atoms with E-state index in [4.69, 9.17) is 0 Å². The van der Waals surface area contributed by atoms with Crippen LogP contribution in [0.5, 0.6) is 0 Å². The zero-order valence-electron chi connectivity index (χ0n) is 23.9. The first-order valence-corrected chi connectivity index (χ1v) is 14.5. The van der Waals surface area contributed by atoms with Gasteiger partial charge in [-0.15, -0.1) is 0 Å². The fraction of sp³-hybridized carbons (Fsp3) is 0.278. The molecule has 6 aromatic rings. The smallest absolute Gasteiger partial charge is 0.241 e. The molecule has 0 atom stereocenters. The average molecular weight is 507 g/mol. The SMILES string of the molecule is CC1=C(C)n2c3c(ccc4cccc(c43)n3c4cc5c(cc4cc23)C(C)(C)CCC5(C)C)B1c1ccccc1. The van der Waals surface area contributed by atoms with Crippen molar-refractivity contribution in [2.24, 2.45) is 0 Å². The molecule has 0 unspecified atom stereocenters. The van der Waals surface area contributed by atoms with Crippen molar-refractivity contribution in [1.82, 2.24) is 8.97 Å². The summed E-state index contributed by atoms with van der Waals surface area (Å²) < 4.78 is 5.11. The molecule has 8 rings (SSSR count). The number of rotatable bonds is 1. The van der Waals surface area contributed by atoms with E-state index in [-0.39, 0.29) is 17.5 Å². The van der Waals surface area contributed by atoms with E-state index in [1.807, 2.05) is 0 Å². The summed E-state index contributed by atoms with van der Waals surface area (Å²) in [5.41, 5.74) is 14.2. The van der Waals surface area contributed by atoms with Gasteiger partial charge in [0.1, 0.15) is 5.65 Å². The van der Waals surface area contributed by atoms with E-state index in [0.29, 0.717) is 0 Å². The van der Waals surface area contributed by atoms with Crippen molar-refractivity contribution in [3.8, 4) is 0 Å². The molecular formula is C36H35BN2. The van der Waals surface area contributed by atoms with Crippen molar-refractivity contribution in [3.05, 3.63) is 95.5 Å². The Kier molecular flexibility index (Phi) is 4.45. The topological polar surface area (TPSA) is 9.34 Å².